The first-order valence-electron chi connectivity index (χ1n) is 8.44. The number of hydrogen-bond acceptors (Lipinski definition) is 3. The zero-order valence-corrected chi connectivity index (χ0v) is 14.1. The van der Waals surface area contributed by atoms with Gasteiger partial charge in [0, 0.05) is 10.8 Å². The lowest BCUT2D eigenvalue weighted by molar-refractivity contribution is -0.145. The average molecular weight is 343 g/mol. The summed E-state index contributed by atoms with van der Waals surface area (Å²) in [7, 11) is 0. The van der Waals surface area contributed by atoms with E-state index in [1.54, 1.807) is 12.1 Å². The van der Waals surface area contributed by atoms with E-state index in [0.29, 0.717) is 10.8 Å². The first-order chi connectivity index (χ1) is 12.7. The lowest BCUT2D eigenvalue weighted by Gasteiger charge is -2.14. The second-order valence-electron chi connectivity index (χ2n) is 6.10. The van der Waals surface area contributed by atoms with E-state index in [9.17, 15) is 9.59 Å². The van der Waals surface area contributed by atoms with E-state index in [4.69, 9.17) is 4.74 Å². The molecular weight excluding hydrogens is 326 g/mol. The van der Waals surface area contributed by atoms with Crippen molar-refractivity contribution >= 4 is 27.8 Å². The highest BCUT2D eigenvalue weighted by Gasteiger charge is 2.13. The first-order valence-corrected chi connectivity index (χ1v) is 8.44. The molecule has 0 aliphatic carbocycles. The Bertz CT molecular complexity index is 1090. The van der Waals surface area contributed by atoms with E-state index in [0.717, 1.165) is 16.6 Å². The topological polar surface area (TPSA) is 48.3 Å². The molecule has 1 aromatic heterocycles. The summed E-state index contributed by atoms with van der Waals surface area (Å²) in [6, 6.07) is 24.2. The molecule has 0 amide bonds. The van der Waals surface area contributed by atoms with Gasteiger partial charge in [0.25, 0.3) is 0 Å². The molecule has 4 nitrogen and oxygen atoms in total. The second kappa shape index (κ2) is 6.84. The van der Waals surface area contributed by atoms with Crippen molar-refractivity contribution in [3.05, 3.63) is 94.6 Å². The lowest BCUT2D eigenvalue weighted by Crippen LogP contribution is -2.18. The van der Waals surface area contributed by atoms with Crippen molar-refractivity contribution < 1.29 is 9.53 Å². The normalized spacial score (nSPS) is 10.9. The van der Waals surface area contributed by atoms with Gasteiger partial charge in [0.2, 0.25) is 0 Å². The summed E-state index contributed by atoms with van der Waals surface area (Å²) in [4.78, 5) is 25.1. The minimum absolute atomic E-state index is 0.0231. The Morgan fingerprint density at radius 1 is 0.769 bits per heavy atom. The molecule has 0 atom stereocenters. The third kappa shape index (κ3) is 2.97. The average Bonchev–Trinajstić information content (AvgIpc) is 2.70. The van der Waals surface area contributed by atoms with Crippen molar-refractivity contribution in [2.75, 3.05) is 0 Å². The van der Waals surface area contributed by atoms with Crippen LogP contribution in [0.15, 0.2) is 83.7 Å². The van der Waals surface area contributed by atoms with E-state index in [2.05, 4.69) is 0 Å². The predicted octanol–water partition coefficient (Wildman–Crippen LogP) is 3.90. The molecule has 0 bridgehead atoms. The summed E-state index contributed by atoms with van der Waals surface area (Å²) >= 11 is 0. The Labute approximate surface area is 150 Å². The number of carbonyl (C=O) groups excluding carboxylic acids is 1. The number of fused-ring (bicyclic) bond motifs is 2. The largest absolute Gasteiger partial charge is 0.459 e. The van der Waals surface area contributed by atoms with Crippen molar-refractivity contribution in [1.29, 1.82) is 0 Å². The highest BCUT2D eigenvalue weighted by Crippen LogP contribution is 2.19. The molecule has 0 N–H and O–H groups in total. The molecule has 0 spiro atoms. The first kappa shape index (κ1) is 16.1. The van der Waals surface area contributed by atoms with Crippen molar-refractivity contribution in [3.8, 4) is 0 Å². The van der Waals surface area contributed by atoms with Gasteiger partial charge in [-0.2, -0.15) is 0 Å². The Hall–Kier alpha value is -3.40. The number of nitrogens with zero attached hydrogens (tertiary/aromatic N) is 1. The van der Waals surface area contributed by atoms with Crippen LogP contribution >= 0.6 is 0 Å². The van der Waals surface area contributed by atoms with Crippen LogP contribution in [0, 0.1) is 0 Å². The summed E-state index contributed by atoms with van der Waals surface area (Å²) in [6.45, 7) is 0.282. The maximum atomic E-state index is 12.7. The summed E-state index contributed by atoms with van der Waals surface area (Å²) in [5.41, 5.74) is 2.38. The molecule has 0 aliphatic heterocycles. The van der Waals surface area contributed by atoms with Crippen LogP contribution in [0.4, 0.5) is 0 Å². The fraction of sp³-hybridized carbons (Fsp3) is 0.0909. The summed E-state index contributed by atoms with van der Waals surface area (Å²) in [5, 5.41) is 1.20. The number of aromatic nitrogens is 1. The van der Waals surface area contributed by atoms with E-state index >= 15 is 0 Å². The maximum Gasteiger partial charge on any atom is 0.326 e. The zero-order valence-electron chi connectivity index (χ0n) is 14.1. The SMILES string of the molecule is O=C(Cn1c2ccccc2c(=O)c2ccccc21)OCc1ccccc1. The van der Waals surface area contributed by atoms with Crippen LogP contribution in [0.3, 0.4) is 0 Å². The number of para-hydroxylation sites is 2. The number of rotatable bonds is 4. The highest BCUT2D eigenvalue weighted by molar-refractivity contribution is 5.94. The van der Waals surface area contributed by atoms with Crippen LogP contribution in [-0.2, 0) is 22.7 Å². The van der Waals surface area contributed by atoms with Crippen molar-refractivity contribution in [3.63, 3.8) is 0 Å². The zero-order chi connectivity index (χ0) is 17.9. The van der Waals surface area contributed by atoms with Crippen LogP contribution in [0.1, 0.15) is 5.56 Å². The number of benzene rings is 3. The van der Waals surface area contributed by atoms with Crippen LogP contribution in [0.2, 0.25) is 0 Å². The van der Waals surface area contributed by atoms with Crippen LogP contribution in [0.5, 0.6) is 0 Å². The summed E-state index contributed by atoms with van der Waals surface area (Å²) in [5.74, 6) is -0.340. The third-order valence-electron chi connectivity index (χ3n) is 4.41. The van der Waals surface area contributed by atoms with E-state index in [1.165, 1.54) is 0 Å². The molecule has 0 fully saturated rings. The molecule has 0 radical (unpaired) electrons. The van der Waals surface area contributed by atoms with Gasteiger partial charge in [0.05, 0.1) is 11.0 Å². The predicted molar refractivity (Wildman–Crippen MR) is 102 cm³/mol. The van der Waals surface area contributed by atoms with Gasteiger partial charge in [0.1, 0.15) is 13.2 Å². The van der Waals surface area contributed by atoms with Gasteiger partial charge in [-0.05, 0) is 29.8 Å². The standard InChI is InChI=1S/C22H17NO3/c24-21(26-15-16-8-2-1-3-9-16)14-23-19-12-6-4-10-17(19)22(25)18-11-5-7-13-20(18)23/h1-13H,14-15H2. The molecular formula is C22H17NO3. The van der Waals surface area contributed by atoms with Gasteiger partial charge < -0.3 is 9.30 Å². The molecule has 0 aliphatic rings. The van der Waals surface area contributed by atoms with Crippen LogP contribution in [0.25, 0.3) is 21.8 Å². The van der Waals surface area contributed by atoms with Gasteiger partial charge >= 0.3 is 5.97 Å². The summed E-state index contributed by atoms with van der Waals surface area (Å²) in [6.07, 6.45) is 0. The number of pyridine rings is 1. The van der Waals surface area contributed by atoms with Crippen LogP contribution < -0.4 is 5.43 Å². The Morgan fingerprint density at radius 3 is 1.92 bits per heavy atom. The Balaban J connectivity index is 1.72. The van der Waals surface area contributed by atoms with E-state index in [1.807, 2.05) is 71.3 Å². The molecule has 4 heteroatoms. The number of carbonyl (C=O) groups is 1. The monoisotopic (exact) mass is 343 g/mol. The molecule has 0 unspecified atom stereocenters. The minimum atomic E-state index is -0.340. The second-order valence-corrected chi connectivity index (χ2v) is 6.10. The number of hydrogen-bond donors (Lipinski definition) is 0. The van der Waals surface area contributed by atoms with Gasteiger partial charge in [0.15, 0.2) is 5.43 Å². The molecule has 0 saturated heterocycles. The van der Waals surface area contributed by atoms with Gasteiger partial charge in [-0.25, -0.2) is 0 Å². The minimum Gasteiger partial charge on any atom is -0.459 e. The van der Waals surface area contributed by atoms with Crippen molar-refractivity contribution in [2.45, 2.75) is 13.2 Å². The number of ether oxygens (including phenoxy) is 1. The van der Waals surface area contributed by atoms with Gasteiger partial charge in [-0.3, -0.25) is 9.59 Å². The maximum absolute atomic E-state index is 12.7. The quantitative estimate of drug-likeness (QED) is 0.417. The van der Waals surface area contributed by atoms with Crippen molar-refractivity contribution in [1.82, 2.24) is 4.57 Å². The lowest BCUT2D eigenvalue weighted by atomic mass is 10.1. The Kier molecular flexibility index (Phi) is 4.23. The molecule has 3 aromatic carbocycles. The fourth-order valence-corrected chi connectivity index (χ4v) is 3.16. The molecule has 1 heterocycles. The smallest absolute Gasteiger partial charge is 0.326 e. The highest BCUT2D eigenvalue weighted by atomic mass is 16.5. The van der Waals surface area contributed by atoms with Crippen LogP contribution in [-0.4, -0.2) is 10.5 Å². The fourth-order valence-electron chi connectivity index (χ4n) is 3.16. The molecule has 128 valence electrons. The third-order valence-corrected chi connectivity index (χ3v) is 4.41. The number of esters is 1. The van der Waals surface area contributed by atoms with E-state index < -0.39 is 0 Å². The van der Waals surface area contributed by atoms with E-state index in [-0.39, 0.29) is 24.5 Å². The Morgan fingerprint density at radius 2 is 1.31 bits per heavy atom. The van der Waals surface area contributed by atoms with Crippen molar-refractivity contribution in [2.24, 2.45) is 0 Å². The van der Waals surface area contributed by atoms with Gasteiger partial charge in [-0.15, -0.1) is 0 Å². The molecule has 4 rings (SSSR count). The summed E-state index contributed by atoms with van der Waals surface area (Å²) < 4.78 is 7.27. The molecule has 0 saturated carbocycles. The molecule has 26 heavy (non-hydrogen) atoms. The van der Waals surface area contributed by atoms with Gasteiger partial charge in [-0.1, -0.05) is 54.6 Å². The molecule has 4 aromatic rings.